The summed E-state index contributed by atoms with van der Waals surface area (Å²) in [5, 5.41) is 2.80. The molecule has 0 aliphatic rings. The van der Waals surface area contributed by atoms with Crippen molar-refractivity contribution in [1.82, 2.24) is 10.2 Å². The Morgan fingerprint density at radius 2 is 1.85 bits per heavy atom. The third-order valence-corrected chi connectivity index (χ3v) is 3.98. The number of Topliss-reactive ketones (excluding diaryl/α,β-unsaturated/α-hetero) is 1. The van der Waals surface area contributed by atoms with E-state index < -0.39 is 0 Å². The third kappa shape index (κ3) is 5.67. The molecule has 26 heavy (non-hydrogen) atoms. The van der Waals surface area contributed by atoms with Gasteiger partial charge in [0.05, 0.1) is 6.04 Å². The van der Waals surface area contributed by atoms with Gasteiger partial charge in [0.15, 0.2) is 12.4 Å². The van der Waals surface area contributed by atoms with Crippen molar-refractivity contribution in [2.24, 2.45) is 0 Å². The van der Waals surface area contributed by atoms with Crippen LogP contribution in [0.2, 0.25) is 0 Å². The number of amides is 1. The Morgan fingerprint density at radius 3 is 2.42 bits per heavy atom. The topological polar surface area (TPSA) is 58.6 Å². The summed E-state index contributed by atoms with van der Waals surface area (Å²) < 4.78 is 18.9. The molecular weight excluding hydrogens is 335 g/mol. The number of halogens is 1. The molecule has 6 heteroatoms. The minimum absolute atomic E-state index is 0.0265. The second kappa shape index (κ2) is 9.10. The summed E-state index contributed by atoms with van der Waals surface area (Å²) in [5.41, 5.74) is 1.38. The minimum atomic E-state index is -0.307. The van der Waals surface area contributed by atoms with Gasteiger partial charge in [0.1, 0.15) is 11.6 Å². The zero-order valence-corrected chi connectivity index (χ0v) is 15.2. The zero-order valence-electron chi connectivity index (χ0n) is 15.2. The monoisotopic (exact) mass is 358 g/mol. The summed E-state index contributed by atoms with van der Waals surface area (Å²) in [6, 6.07) is 12.8. The predicted molar refractivity (Wildman–Crippen MR) is 97.8 cm³/mol. The molecule has 0 spiro atoms. The second-order valence-electron chi connectivity index (χ2n) is 6.21. The van der Waals surface area contributed by atoms with E-state index in [1.807, 2.05) is 25.1 Å². The maximum atomic E-state index is 13.4. The highest BCUT2D eigenvalue weighted by Gasteiger charge is 2.16. The van der Waals surface area contributed by atoms with Gasteiger partial charge in [0.25, 0.3) is 5.91 Å². The zero-order chi connectivity index (χ0) is 19.1. The summed E-state index contributed by atoms with van der Waals surface area (Å²) in [7, 11) is 3.74. The van der Waals surface area contributed by atoms with Crippen molar-refractivity contribution in [2.45, 2.75) is 13.0 Å². The van der Waals surface area contributed by atoms with Gasteiger partial charge in [-0.1, -0.05) is 12.1 Å². The molecule has 0 fully saturated rings. The smallest absolute Gasteiger partial charge is 0.258 e. The summed E-state index contributed by atoms with van der Waals surface area (Å²) in [6.45, 7) is 1.69. The van der Waals surface area contributed by atoms with Gasteiger partial charge >= 0.3 is 0 Å². The number of nitrogens with one attached hydrogen (secondary N) is 1. The number of ketones is 1. The van der Waals surface area contributed by atoms with Crippen LogP contribution in [0, 0.1) is 5.82 Å². The summed E-state index contributed by atoms with van der Waals surface area (Å²) >= 11 is 0. The molecular formula is C20H23FN2O3. The summed E-state index contributed by atoms with van der Waals surface area (Å²) in [6.07, 6.45) is 0. The van der Waals surface area contributed by atoms with Crippen molar-refractivity contribution in [3.63, 3.8) is 0 Å². The SMILES string of the molecule is CC(=O)c1ccc(OCC(=O)NCC(c2cccc(F)c2)N(C)C)cc1. The molecule has 2 aromatic carbocycles. The number of carbonyl (C=O) groups is 2. The molecule has 0 saturated carbocycles. The molecule has 0 heterocycles. The first-order valence-electron chi connectivity index (χ1n) is 8.29. The maximum absolute atomic E-state index is 13.4. The summed E-state index contributed by atoms with van der Waals surface area (Å²) in [4.78, 5) is 25.2. The van der Waals surface area contributed by atoms with E-state index in [4.69, 9.17) is 4.74 Å². The lowest BCUT2D eigenvalue weighted by molar-refractivity contribution is -0.123. The minimum Gasteiger partial charge on any atom is -0.484 e. The van der Waals surface area contributed by atoms with E-state index in [-0.39, 0.29) is 30.2 Å². The van der Waals surface area contributed by atoms with Gasteiger partial charge in [-0.15, -0.1) is 0 Å². The molecule has 5 nitrogen and oxygen atoms in total. The average Bonchev–Trinajstić information content (AvgIpc) is 2.60. The molecule has 138 valence electrons. The molecule has 0 aromatic heterocycles. The largest absolute Gasteiger partial charge is 0.484 e. The van der Waals surface area contributed by atoms with Crippen LogP contribution >= 0.6 is 0 Å². The number of hydrogen-bond acceptors (Lipinski definition) is 4. The van der Waals surface area contributed by atoms with Gasteiger partial charge in [-0.2, -0.15) is 0 Å². The van der Waals surface area contributed by atoms with E-state index in [9.17, 15) is 14.0 Å². The number of ether oxygens (including phenoxy) is 1. The summed E-state index contributed by atoms with van der Waals surface area (Å²) in [5.74, 6) is -0.0947. The lowest BCUT2D eigenvalue weighted by Gasteiger charge is -2.25. The Balaban J connectivity index is 1.87. The fourth-order valence-corrected chi connectivity index (χ4v) is 2.51. The molecule has 1 unspecified atom stereocenters. The molecule has 0 aliphatic heterocycles. The van der Waals surface area contributed by atoms with E-state index in [0.29, 0.717) is 17.9 Å². The lowest BCUT2D eigenvalue weighted by atomic mass is 10.1. The lowest BCUT2D eigenvalue weighted by Crippen LogP contribution is -2.36. The second-order valence-corrected chi connectivity index (χ2v) is 6.21. The quantitative estimate of drug-likeness (QED) is 0.737. The molecule has 2 rings (SSSR count). The van der Waals surface area contributed by atoms with Crippen LogP contribution in [0.1, 0.15) is 28.9 Å². The Hall–Kier alpha value is -2.73. The first-order chi connectivity index (χ1) is 12.4. The van der Waals surface area contributed by atoms with Gasteiger partial charge in [-0.3, -0.25) is 9.59 Å². The van der Waals surface area contributed by atoms with Crippen molar-refractivity contribution in [3.8, 4) is 5.75 Å². The molecule has 0 saturated heterocycles. The number of likely N-dealkylation sites (N-methyl/N-ethyl adjacent to an activating group) is 1. The Labute approximate surface area is 152 Å². The van der Waals surface area contributed by atoms with Crippen LogP contribution in [0.5, 0.6) is 5.75 Å². The normalized spacial score (nSPS) is 11.9. The van der Waals surface area contributed by atoms with E-state index in [2.05, 4.69) is 5.32 Å². The van der Waals surface area contributed by atoms with E-state index in [0.717, 1.165) is 5.56 Å². The van der Waals surface area contributed by atoms with Crippen LogP contribution in [-0.4, -0.2) is 43.8 Å². The molecule has 1 amide bonds. The Morgan fingerprint density at radius 1 is 1.15 bits per heavy atom. The maximum Gasteiger partial charge on any atom is 0.258 e. The van der Waals surface area contributed by atoms with E-state index in [1.165, 1.54) is 19.1 Å². The highest BCUT2D eigenvalue weighted by Crippen LogP contribution is 2.18. The van der Waals surface area contributed by atoms with E-state index in [1.54, 1.807) is 30.3 Å². The highest BCUT2D eigenvalue weighted by molar-refractivity contribution is 5.94. The first kappa shape index (κ1) is 19.6. The Bertz CT molecular complexity index is 760. The van der Waals surface area contributed by atoms with Crippen LogP contribution in [0.15, 0.2) is 48.5 Å². The van der Waals surface area contributed by atoms with Crippen LogP contribution in [0.3, 0.4) is 0 Å². The fraction of sp³-hybridized carbons (Fsp3) is 0.300. The fourth-order valence-electron chi connectivity index (χ4n) is 2.51. The number of carbonyl (C=O) groups excluding carboxylic acids is 2. The number of nitrogens with zero attached hydrogens (tertiary/aromatic N) is 1. The standard InChI is InChI=1S/C20H23FN2O3/c1-14(24)15-7-9-18(10-8-15)26-13-20(25)22-12-19(23(2)3)16-5-4-6-17(21)11-16/h4-11,19H,12-13H2,1-3H3,(H,22,25). The average molecular weight is 358 g/mol. The Kier molecular flexibility index (Phi) is 6.86. The molecule has 1 atom stereocenters. The van der Waals surface area contributed by atoms with Gasteiger partial charge in [0, 0.05) is 12.1 Å². The van der Waals surface area contributed by atoms with Crippen LogP contribution in [0.25, 0.3) is 0 Å². The van der Waals surface area contributed by atoms with Gasteiger partial charge in [-0.25, -0.2) is 4.39 Å². The van der Waals surface area contributed by atoms with E-state index >= 15 is 0 Å². The number of hydrogen-bond donors (Lipinski definition) is 1. The van der Waals surface area contributed by atoms with Gasteiger partial charge in [0.2, 0.25) is 0 Å². The van der Waals surface area contributed by atoms with Crippen molar-refractivity contribution >= 4 is 11.7 Å². The van der Waals surface area contributed by atoms with Crippen molar-refractivity contribution < 1.29 is 18.7 Å². The van der Waals surface area contributed by atoms with Gasteiger partial charge in [-0.05, 0) is 63.0 Å². The van der Waals surface area contributed by atoms with Crippen molar-refractivity contribution in [3.05, 3.63) is 65.5 Å². The molecule has 0 bridgehead atoms. The highest BCUT2D eigenvalue weighted by atomic mass is 19.1. The molecule has 0 aliphatic carbocycles. The predicted octanol–water partition coefficient (Wildman–Crippen LogP) is 2.83. The van der Waals surface area contributed by atoms with Crippen LogP contribution in [-0.2, 0) is 4.79 Å². The molecule has 0 radical (unpaired) electrons. The first-order valence-corrected chi connectivity index (χ1v) is 8.29. The van der Waals surface area contributed by atoms with Crippen LogP contribution in [0.4, 0.5) is 4.39 Å². The van der Waals surface area contributed by atoms with Crippen LogP contribution < -0.4 is 10.1 Å². The molecule has 1 N–H and O–H groups in total. The number of rotatable bonds is 8. The molecule has 2 aromatic rings. The van der Waals surface area contributed by atoms with Crippen molar-refractivity contribution in [1.29, 1.82) is 0 Å². The van der Waals surface area contributed by atoms with Crippen molar-refractivity contribution in [2.75, 3.05) is 27.2 Å². The third-order valence-electron chi connectivity index (χ3n) is 3.98. The number of benzene rings is 2. The van der Waals surface area contributed by atoms with Gasteiger partial charge < -0.3 is 15.0 Å².